The normalized spacial score (nSPS) is 41.0. The Labute approximate surface area is 113 Å². The highest BCUT2D eigenvalue weighted by atomic mass is 35.5. The highest BCUT2D eigenvalue weighted by Gasteiger charge is 2.87. The summed E-state index contributed by atoms with van der Waals surface area (Å²) >= 11 is 5.68. The molecule has 4 atom stereocenters. The Balaban J connectivity index is 2.19. The number of carbonyl (C=O) groups excluding carboxylic acids is 2. The lowest BCUT2D eigenvalue weighted by Gasteiger charge is -2.73. The molecule has 2 bridgehead atoms. The van der Waals surface area contributed by atoms with Crippen LogP contribution in [-0.2, 0) is 9.53 Å². The molecule has 18 heavy (non-hydrogen) atoms. The molecule has 4 nitrogen and oxygen atoms in total. The second-order valence-corrected chi connectivity index (χ2v) is 6.41. The maximum Gasteiger partial charge on any atom is 0.524 e. The predicted octanol–water partition coefficient (Wildman–Crippen LogP) is 2.54. The molecule has 2 aliphatic heterocycles. The van der Waals surface area contributed by atoms with Gasteiger partial charge in [-0.2, -0.15) is 9.28 Å². The van der Waals surface area contributed by atoms with Crippen LogP contribution in [0, 0.1) is 11.8 Å². The van der Waals surface area contributed by atoms with Gasteiger partial charge < -0.3 is 4.74 Å². The molecular formula is C13H21ClNO3+. The third-order valence-electron chi connectivity index (χ3n) is 4.82. The number of ether oxygens (including phenoxy) is 1. The first kappa shape index (κ1) is 13.8. The quantitative estimate of drug-likeness (QED) is 0.587. The lowest BCUT2D eigenvalue weighted by atomic mass is 9.50. The van der Waals surface area contributed by atoms with Crippen LogP contribution in [0.2, 0.25) is 0 Å². The molecule has 4 unspecified atom stereocenters. The summed E-state index contributed by atoms with van der Waals surface area (Å²) in [6.07, 6.45) is 0.499. The minimum absolute atomic E-state index is 0.0703. The van der Waals surface area contributed by atoms with Crippen LogP contribution < -0.4 is 0 Å². The van der Waals surface area contributed by atoms with E-state index in [4.69, 9.17) is 16.3 Å². The molecule has 0 aromatic rings. The fourth-order valence-corrected chi connectivity index (χ4v) is 3.70. The highest BCUT2D eigenvalue weighted by Crippen LogP contribution is 2.65. The zero-order chi connectivity index (χ0) is 13.7. The van der Waals surface area contributed by atoms with Crippen LogP contribution in [-0.4, -0.2) is 40.6 Å². The van der Waals surface area contributed by atoms with Gasteiger partial charge in [0.1, 0.15) is 17.5 Å². The summed E-state index contributed by atoms with van der Waals surface area (Å²) in [6, 6.07) is 0.0703. The Bertz CT molecular complexity index is 398. The molecule has 3 aliphatic rings. The third-order valence-corrected chi connectivity index (χ3v) is 5.05. The van der Waals surface area contributed by atoms with Crippen LogP contribution in [0.15, 0.2) is 0 Å². The fourth-order valence-electron chi connectivity index (χ4n) is 3.51. The van der Waals surface area contributed by atoms with Gasteiger partial charge in [0.05, 0.1) is 18.9 Å². The summed E-state index contributed by atoms with van der Waals surface area (Å²) in [5.74, 6) is 0.303. The first-order valence-corrected chi connectivity index (χ1v) is 7.01. The molecule has 102 valence electrons. The summed E-state index contributed by atoms with van der Waals surface area (Å²) in [6.45, 7) is 8.37. The summed E-state index contributed by atoms with van der Waals surface area (Å²) in [5.41, 5.74) is -0.301. The maximum atomic E-state index is 12.3. The molecule has 2 saturated heterocycles. The van der Waals surface area contributed by atoms with E-state index in [1.807, 2.05) is 20.8 Å². The Morgan fingerprint density at radius 2 is 2.11 bits per heavy atom. The number of amides is 2. The topological polar surface area (TPSA) is 43.4 Å². The van der Waals surface area contributed by atoms with Gasteiger partial charge in [-0.25, -0.2) is 4.79 Å². The smallest absolute Gasteiger partial charge is 0.419 e. The number of halogens is 1. The SMILES string of the molecule is CC(C)COC(=O)[N+]1(C(=O)CCl)C2CC1(C)C2C. The zero-order valence-electron chi connectivity index (χ0n) is 11.4. The number of rotatable bonds is 3. The summed E-state index contributed by atoms with van der Waals surface area (Å²) < 4.78 is 5.13. The molecule has 3 fully saturated rings. The van der Waals surface area contributed by atoms with Crippen molar-refractivity contribution in [2.75, 3.05) is 12.5 Å². The Morgan fingerprint density at radius 1 is 1.50 bits per heavy atom. The summed E-state index contributed by atoms with van der Waals surface area (Å²) in [5, 5.41) is 0. The van der Waals surface area contributed by atoms with Gasteiger partial charge in [0.25, 0.3) is 0 Å². The van der Waals surface area contributed by atoms with Crippen molar-refractivity contribution in [3.05, 3.63) is 0 Å². The van der Waals surface area contributed by atoms with Crippen molar-refractivity contribution in [1.29, 1.82) is 0 Å². The average molecular weight is 275 g/mol. The Morgan fingerprint density at radius 3 is 2.44 bits per heavy atom. The van der Waals surface area contributed by atoms with Crippen molar-refractivity contribution in [3.63, 3.8) is 0 Å². The van der Waals surface area contributed by atoms with Gasteiger partial charge in [-0.3, -0.25) is 0 Å². The number of imide groups is 1. The van der Waals surface area contributed by atoms with Gasteiger partial charge in [-0.05, 0) is 12.8 Å². The minimum Gasteiger partial charge on any atom is -0.419 e. The molecule has 5 heteroatoms. The number of quaternary nitrogens is 1. The number of carbonyl (C=O) groups is 2. The van der Waals surface area contributed by atoms with E-state index in [1.54, 1.807) is 0 Å². The largest absolute Gasteiger partial charge is 0.524 e. The molecule has 1 aliphatic carbocycles. The molecule has 0 aromatic heterocycles. The Kier molecular flexibility index (Phi) is 3.23. The van der Waals surface area contributed by atoms with Gasteiger partial charge in [0.2, 0.25) is 0 Å². The predicted molar refractivity (Wildman–Crippen MR) is 68.1 cm³/mol. The van der Waals surface area contributed by atoms with Crippen molar-refractivity contribution in [2.45, 2.75) is 45.7 Å². The van der Waals surface area contributed by atoms with Crippen LogP contribution in [0.4, 0.5) is 4.79 Å². The van der Waals surface area contributed by atoms with Gasteiger partial charge in [-0.15, -0.1) is 11.6 Å². The standard InChI is InChI=1S/C13H21ClNO3/c1-8(2)7-18-12(17)15(11(16)6-14)10-5-13(15,4)9(10)3/h8-10H,5-7H2,1-4H3/q+1. The van der Waals surface area contributed by atoms with Gasteiger partial charge >= 0.3 is 12.0 Å². The van der Waals surface area contributed by atoms with E-state index in [2.05, 4.69) is 6.92 Å². The van der Waals surface area contributed by atoms with Crippen LogP contribution >= 0.6 is 11.6 Å². The van der Waals surface area contributed by atoms with E-state index in [1.165, 1.54) is 0 Å². The summed E-state index contributed by atoms with van der Waals surface area (Å²) in [7, 11) is 0. The molecular weight excluding hydrogens is 254 g/mol. The van der Waals surface area contributed by atoms with Crippen LogP contribution in [0.5, 0.6) is 0 Å². The molecule has 3 rings (SSSR count). The first-order chi connectivity index (χ1) is 8.32. The van der Waals surface area contributed by atoms with E-state index in [9.17, 15) is 9.59 Å². The fraction of sp³-hybridized carbons (Fsp3) is 0.846. The Hall–Kier alpha value is -0.610. The van der Waals surface area contributed by atoms with Crippen molar-refractivity contribution in [2.24, 2.45) is 11.8 Å². The maximum absolute atomic E-state index is 12.3. The number of hydrogen-bond donors (Lipinski definition) is 0. The lowest BCUT2D eigenvalue weighted by molar-refractivity contribution is -0.979. The molecule has 0 spiro atoms. The second-order valence-electron chi connectivity index (χ2n) is 6.14. The monoisotopic (exact) mass is 274 g/mol. The van der Waals surface area contributed by atoms with Crippen molar-refractivity contribution < 1.29 is 18.8 Å². The van der Waals surface area contributed by atoms with E-state index in [0.717, 1.165) is 6.42 Å². The van der Waals surface area contributed by atoms with Gasteiger partial charge in [0.15, 0.2) is 0 Å². The van der Waals surface area contributed by atoms with Gasteiger partial charge in [0, 0.05) is 0 Å². The molecule has 0 aromatic carbocycles. The molecule has 2 amide bonds. The van der Waals surface area contributed by atoms with Crippen LogP contribution in [0.3, 0.4) is 0 Å². The minimum atomic E-state index is -0.411. The van der Waals surface area contributed by atoms with E-state index < -0.39 is 6.09 Å². The number of hydrogen-bond acceptors (Lipinski definition) is 3. The van der Waals surface area contributed by atoms with Crippen LogP contribution in [0.1, 0.15) is 34.1 Å². The number of nitrogens with zero attached hydrogens (tertiary/aromatic N) is 1. The van der Waals surface area contributed by atoms with E-state index in [-0.39, 0.29) is 33.8 Å². The summed E-state index contributed by atoms with van der Waals surface area (Å²) in [4.78, 5) is 24.4. The van der Waals surface area contributed by atoms with Crippen molar-refractivity contribution in [3.8, 4) is 0 Å². The first-order valence-electron chi connectivity index (χ1n) is 6.47. The van der Waals surface area contributed by atoms with Gasteiger partial charge in [-0.1, -0.05) is 20.8 Å². The second kappa shape index (κ2) is 4.20. The average Bonchev–Trinajstić information content (AvgIpc) is 2.34. The highest BCUT2D eigenvalue weighted by molar-refractivity contribution is 6.27. The third kappa shape index (κ3) is 1.36. The molecule has 2 heterocycles. The molecule has 0 N–H and O–H groups in total. The van der Waals surface area contributed by atoms with E-state index >= 15 is 0 Å². The van der Waals surface area contributed by atoms with Crippen molar-refractivity contribution >= 4 is 23.6 Å². The molecule has 1 saturated carbocycles. The molecule has 0 radical (unpaired) electrons. The lowest BCUT2D eigenvalue weighted by Crippen LogP contribution is -2.96. The van der Waals surface area contributed by atoms with E-state index in [0.29, 0.717) is 12.5 Å². The van der Waals surface area contributed by atoms with Crippen LogP contribution in [0.25, 0.3) is 0 Å². The number of alkyl halides is 1. The zero-order valence-corrected chi connectivity index (χ0v) is 12.2. The van der Waals surface area contributed by atoms with Crippen molar-refractivity contribution in [1.82, 2.24) is 0 Å².